The molecule has 4 N–H and O–H groups in total. The van der Waals surface area contributed by atoms with E-state index in [2.05, 4.69) is 0 Å². The quantitative estimate of drug-likeness (QED) is 0.800. The molecule has 0 radical (unpaired) electrons. The summed E-state index contributed by atoms with van der Waals surface area (Å²) < 4.78 is 0. The van der Waals surface area contributed by atoms with Gasteiger partial charge in [-0.25, -0.2) is 0 Å². The number of anilines is 1. The number of nitrogens with two attached hydrogens (primary N) is 2. The summed E-state index contributed by atoms with van der Waals surface area (Å²) in [5.41, 5.74) is 11.1. The molecule has 1 saturated heterocycles. The maximum atomic E-state index is 12.4. The number of primary amides is 1. The Kier molecular flexibility index (Phi) is 3.41. The van der Waals surface area contributed by atoms with Crippen molar-refractivity contribution in [2.75, 3.05) is 18.8 Å². The molecule has 0 bridgehead atoms. The van der Waals surface area contributed by atoms with Crippen molar-refractivity contribution in [3.63, 3.8) is 0 Å². The summed E-state index contributed by atoms with van der Waals surface area (Å²) in [5.74, 6) is -0.608. The highest BCUT2D eigenvalue weighted by molar-refractivity contribution is 6.36. The SMILES string of the molecule is CC1(C(N)=O)CCN(C(=O)c2cccc(N)c2Cl)C1. The molecule has 0 spiro atoms. The number of carbonyl (C=O) groups excluding carboxylic acids is 2. The van der Waals surface area contributed by atoms with Gasteiger partial charge in [0.2, 0.25) is 5.91 Å². The molecule has 0 saturated carbocycles. The largest absolute Gasteiger partial charge is 0.398 e. The van der Waals surface area contributed by atoms with E-state index in [4.69, 9.17) is 23.1 Å². The fourth-order valence-electron chi connectivity index (χ4n) is 2.22. The summed E-state index contributed by atoms with van der Waals surface area (Å²) in [7, 11) is 0. The van der Waals surface area contributed by atoms with Crippen LogP contribution in [0.1, 0.15) is 23.7 Å². The van der Waals surface area contributed by atoms with Crippen molar-refractivity contribution >= 4 is 29.1 Å². The van der Waals surface area contributed by atoms with Crippen LogP contribution in [0.4, 0.5) is 5.69 Å². The Balaban J connectivity index is 2.23. The van der Waals surface area contributed by atoms with Crippen LogP contribution in [0.5, 0.6) is 0 Å². The van der Waals surface area contributed by atoms with Crippen molar-refractivity contribution in [1.29, 1.82) is 0 Å². The Hall–Kier alpha value is -1.75. The smallest absolute Gasteiger partial charge is 0.255 e. The van der Waals surface area contributed by atoms with E-state index < -0.39 is 5.41 Å². The van der Waals surface area contributed by atoms with Crippen molar-refractivity contribution in [3.05, 3.63) is 28.8 Å². The van der Waals surface area contributed by atoms with Crippen LogP contribution in [-0.4, -0.2) is 29.8 Å². The molecule has 2 amide bonds. The zero-order chi connectivity index (χ0) is 14.2. The van der Waals surface area contributed by atoms with E-state index in [9.17, 15) is 9.59 Å². The number of hydrogen-bond acceptors (Lipinski definition) is 3. The van der Waals surface area contributed by atoms with Gasteiger partial charge in [-0.3, -0.25) is 9.59 Å². The number of nitrogens with zero attached hydrogens (tertiary/aromatic N) is 1. The van der Waals surface area contributed by atoms with Crippen LogP contribution in [0.15, 0.2) is 18.2 Å². The molecule has 1 heterocycles. The lowest BCUT2D eigenvalue weighted by Gasteiger charge is -2.21. The molecule has 102 valence electrons. The average molecular weight is 282 g/mol. The lowest BCUT2D eigenvalue weighted by atomic mass is 9.89. The Bertz CT molecular complexity index is 547. The number of rotatable bonds is 2. The first-order chi connectivity index (χ1) is 8.85. The van der Waals surface area contributed by atoms with Crippen molar-refractivity contribution in [3.8, 4) is 0 Å². The first-order valence-corrected chi connectivity index (χ1v) is 6.36. The number of carbonyl (C=O) groups is 2. The summed E-state index contributed by atoms with van der Waals surface area (Å²) in [5, 5.41) is 0.250. The molecular weight excluding hydrogens is 266 g/mol. The van der Waals surface area contributed by atoms with Crippen LogP contribution < -0.4 is 11.5 Å². The highest BCUT2D eigenvalue weighted by atomic mass is 35.5. The topological polar surface area (TPSA) is 89.4 Å². The van der Waals surface area contributed by atoms with Crippen molar-refractivity contribution in [2.45, 2.75) is 13.3 Å². The van der Waals surface area contributed by atoms with E-state index in [1.54, 1.807) is 30.0 Å². The average Bonchev–Trinajstić information content (AvgIpc) is 2.76. The summed E-state index contributed by atoms with van der Waals surface area (Å²) in [4.78, 5) is 25.3. The van der Waals surface area contributed by atoms with Gasteiger partial charge in [0.1, 0.15) is 0 Å². The van der Waals surface area contributed by atoms with Crippen LogP contribution >= 0.6 is 11.6 Å². The number of benzene rings is 1. The van der Waals surface area contributed by atoms with Crippen LogP contribution in [0.3, 0.4) is 0 Å². The number of likely N-dealkylation sites (tertiary alicyclic amines) is 1. The number of nitrogen functional groups attached to an aromatic ring is 1. The monoisotopic (exact) mass is 281 g/mol. The van der Waals surface area contributed by atoms with Gasteiger partial charge >= 0.3 is 0 Å². The van der Waals surface area contributed by atoms with E-state index in [0.29, 0.717) is 30.8 Å². The van der Waals surface area contributed by atoms with Gasteiger partial charge in [0.25, 0.3) is 5.91 Å². The minimum absolute atomic E-state index is 0.220. The second-order valence-corrected chi connectivity index (χ2v) is 5.49. The maximum Gasteiger partial charge on any atom is 0.255 e. The van der Waals surface area contributed by atoms with E-state index in [-0.39, 0.29) is 16.8 Å². The maximum absolute atomic E-state index is 12.4. The van der Waals surface area contributed by atoms with Gasteiger partial charge in [-0.1, -0.05) is 17.7 Å². The molecule has 0 aromatic heterocycles. The van der Waals surface area contributed by atoms with Gasteiger partial charge in [-0.05, 0) is 25.5 Å². The fourth-order valence-corrected chi connectivity index (χ4v) is 2.43. The molecule has 5 nitrogen and oxygen atoms in total. The molecule has 2 rings (SSSR count). The van der Waals surface area contributed by atoms with E-state index >= 15 is 0 Å². The number of amides is 2. The summed E-state index contributed by atoms with van der Waals surface area (Å²) in [6, 6.07) is 4.94. The minimum atomic E-state index is -0.664. The Labute approximate surface area is 116 Å². The highest BCUT2D eigenvalue weighted by Gasteiger charge is 2.41. The Morgan fingerprint density at radius 3 is 2.68 bits per heavy atom. The first-order valence-electron chi connectivity index (χ1n) is 5.98. The predicted molar refractivity (Wildman–Crippen MR) is 73.7 cm³/mol. The van der Waals surface area contributed by atoms with Crippen molar-refractivity contribution < 1.29 is 9.59 Å². The van der Waals surface area contributed by atoms with Crippen LogP contribution in [0.2, 0.25) is 5.02 Å². The van der Waals surface area contributed by atoms with Crippen LogP contribution in [0, 0.1) is 5.41 Å². The Morgan fingerprint density at radius 2 is 2.11 bits per heavy atom. The van der Waals surface area contributed by atoms with Gasteiger partial charge in [0.05, 0.1) is 21.7 Å². The molecule has 1 aliphatic heterocycles. The van der Waals surface area contributed by atoms with Gasteiger partial charge in [0, 0.05) is 13.1 Å². The predicted octanol–water partition coefficient (Wildman–Crippen LogP) is 1.26. The van der Waals surface area contributed by atoms with E-state index in [0.717, 1.165) is 0 Å². The zero-order valence-corrected chi connectivity index (χ0v) is 11.4. The fraction of sp³-hybridized carbons (Fsp3) is 0.385. The van der Waals surface area contributed by atoms with Gasteiger partial charge < -0.3 is 16.4 Å². The molecule has 19 heavy (non-hydrogen) atoms. The summed E-state index contributed by atoms with van der Waals surface area (Å²) >= 11 is 6.04. The normalized spacial score (nSPS) is 22.5. The third-order valence-electron chi connectivity index (χ3n) is 3.61. The molecule has 1 fully saturated rings. The molecule has 1 aromatic rings. The second kappa shape index (κ2) is 4.74. The van der Waals surface area contributed by atoms with Crippen molar-refractivity contribution in [1.82, 2.24) is 4.90 Å². The van der Waals surface area contributed by atoms with Crippen LogP contribution in [0.25, 0.3) is 0 Å². The molecule has 1 aliphatic rings. The Morgan fingerprint density at radius 1 is 1.42 bits per heavy atom. The molecule has 6 heteroatoms. The second-order valence-electron chi connectivity index (χ2n) is 5.11. The number of halogens is 1. The first kappa shape index (κ1) is 13.7. The molecule has 0 aliphatic carbocycles. The standard InChI is InChI=1S/C13H16ClN3O2/c1-13(12(16)19)5-6-17(7-13)11(18)8-3-2-4-9(15)10(8)14/h2-4H,5-7,15H2,1H3,(H2,16,19). The highest BCUT2D eigenvalue weighted by Crippen LogP contribution is 2.32. The molecule has 1 aromatic carbocycles. The zero-order valence-electron chi connectivity index (χ0n) is 10.6. The van der Waals surface area contributed by atoms with E-state index in [1.807, 2.05) is 0 Å². The minimum Gasteiger partial charge on any atom is -0.398 e. The van der Waals surface area contributed by atoms with E-state index in [1.165, 1.54) is 0 Å². The van der Waals surface area contributed by atoms with Gasteiger partial charge in [-0.2, -0.15) is 0 Å². The van der Waals surface area contributed by atoms with Crippen LogP contribution in [-0.2, 0) is 4.79 Å². The lowest BCUT2D eigenvalue weighted by molar-refractivity contribution is -0.126. The molecule has 1 unspecified atom stereocenters. The molecular formula is C13H16ClN3O2. The molecule has 1 atom stereocenters. The van der Waals surface area contributed by atoms with Crippen molar-refractivity contribution in [2.24, 2.45) is 11.1 Å². The third kappa shape index (κ3) is 2.38. The van der Waals surface area contributed by atoms with Gasteiger partial charge in [-0.15, -0.1) is 0 Å². The summed E-state index contributed by atoms with van der Waals surface area (Å²) in [6.45, 7) is 2.57. The van der Waals surface area contributed by atoms with Gasteiger partial charge in [0.15, 0.2) is 0 Å². The summed E-state index contributed by atoms with van der Waals surface area (Å²) in [6.07, 6.45) is 0.564. The third-order valence-corrected chi connectivity index (χ3v) is 4.04. The number of hydrogen-bond donors (Lipinski definition) is 2. The lowest BCUT2D eigenvalue weighted by Crippen LogP contribution is -2.38.